The van der Waals surface area contributed by atoms with Gasteiger partial charge in [-0.15, -0.1) is 0 Å². The summed E-state index contributed by atoms with van der Waals surface area (Å²) in [6.45, 7) is 0. The maximum atomic E-state index is 12.6. The van der Waals surface area contributed by atoms with Crippen molar-refractivity contribution in [3.63, 3.8) is 0 Å². The Kier molecular flexibility index (Phi) is 2.95. The van der Waals surface area contributed by atoms with Crippen molar-refractivity contribution in [2.45, 2.75) is 9.79 Å². The van der Waals surface area contributed by atoms with Gasteiger partial charge in [0.05, 0.1) is 9.79 Å². The second kappa shape index (κ2) is 4.51. The Hall–Kier alpha value is -1.59. The van der Waals surface area contributed by atoms with Crippen LogP contribution < -0.4 is 0 Å². The van der Waals surface area contributed by atoms with Crippen LogP contribution in [0.5, 0.6) is 0 Å². The monoisotopic (exact) mass is 335 g/mol. The Morgan fingerprint density at radius 3 is 2.47 bits per heavy atom. The molecule has 1 heterocycles. The van der Waals surface area contributed by atoms with Gasteiger partial charge in [-0.25, -0.2) is 8.42 Å². The molecule has 0 saturated heterocycles. The molecule has 1 aromatic heterocycles. The van der Waals surface area contributed by atoms with Crippen molar-refractivity contribution in [1.82, 2.24) is 4.98 Å². The van der Waals surface area contributed by atoms with Crippen LogP contribution in [0.4, 0.5) is 0 Å². The zero-order chi connectivity index (χ0) is 13.5. The molecule has 0 atom stereocenters. The Morgan fingerprint density at radius 1 is 1.00 bits per heavy atom. The van der Waals surface area contributed by atoms with Crippen LogP contribution in [0.3, 0.4) is 0 Å². The molecule has 0 aliphatic carbocycles. The van der Waals surface area contributed by atoms with Crippen LogP contribution in [-0.2, 0) is 9.84 Å². The van der Waals surface area contributed by atoms with Crippen molar-refractivity contribution in [3.8, 4) is 0 Å². The highest BCUT2D eigenvalue weighted by atomic mass is 79.9. The predicted molar refractivity (Wildman–Crippen MR) is 77.9 cm³/mol. The van der Waals surface area contributed by atoms with Crippen molar-refractivity contribution >= 4 is 36.7 Å². The summed E-state index contributed by atoms with van der Waals surface area (Å²) >= 11 is 3.37. The molecule has 19 heavy (non-hydrogen) atoms. The minimum atomic E-state index is -3.48. The summed E-state index contributed by atoms with van der Waals surface area (Å²) in [5.41, 5.74) is 0.795. The number of hydrogen-bond acceptors (Lipinski definition) is 2. The van der Waals surface area contributed by atoms with Crippen molar-refractivity contribution < 1.29 is 8.42 Å². The van der Waals surface area contributed by atoms with Gasteiger partial charge in [0.2, 0.25) is 9.84 Å². The third-order valence-corrected chi connectivity index (χ3v) is 5.25. The second-order valence-electron chi connectivity index (χ2n) is 4.16. The number of fused-ring (bicyclic) bond motifs is 1. The topological polar surface area (TPSA) is 49.9 Å². The number of nitrogens with one attached hydrogen (secondary N) is 1. The Bertz CT molecular complexity index is 838. The van der Waals surface area contributed by atoms with Gasteiger partial charge in [0, 0.05) is 21.6 Å². The van der Waals surface area contributed by atoms with Crippen LogP contribution in [0.1, 0.15) is 0 Å². The molecule has 0 spiro atoms. The Morgan fingerprint density at radius 2 is 1.74 bits per heavy atom. The minimum Gasteiger partial charge on any atom is -0.360 e. The van der Waals surface area contributed by atoms with Crippen molar-refractivity contribution in [2.75, 3.05) is 0 Å². The summed E-state index contributed by atoms with van der Waals surface area (Å²) < 4.78 is 26.0. The van der Waals surface area contributed by atoms with Crippen LogP contribution in [0.15, 0.2) is 69.0 Å². The zero-order valence-corrected chi connectivity index (χ0v) is 12.2. The molecule has 5 heteroatoms. The van der Waals surface area contributed by atoms with Gasteiger partial charge in [-0.2, -0.15) is 0 Å². The average molecular weight is 336 g/mol. The van der Waals surface area contributed by atoms with E-state index in [1.54, 1.807) is 42.6 Å². The largest absolute Gasteiger partial charge is 0.360 e. The summed E-state index contributed by atoms with van der Waals surface area (Å²) in [5.74, 6) is 0. The molecule has 3 aromatic rings. The molecule has 3 rings (SSSR count). The molecule has 1 N–H and O–H groups in total. The van der Waals surface area contributed by atoms with Gasteiger partial charge in [0.15, 0.2) is 0 Å². The summed E-state index contributed by atoms with van der Waals surface area (Å²) in [6.07, 6.45) is 1.54. The number of halogens is 1. The summed E-state index contributed by atoms with van der Waals surface area (Å²) in [4.78, 5) is 3.61. The quantitative estimate of drug-likeness (QED) is 0.775. The fraction of sp³-hybridized carbons (Fsp3) is 0. The molecule has 0 aliphatic heterocycles. The molecule has 2 aromatic carbocycles. The Labute approximate surface area is 119 Å². The van der Waals surface area contributed by atoms with Crippen LogP contribution in [0.25, 0.3) is 10.9 Å². The third kappa shape index (κ3) is 2.09. The highest BCUT2D eigenvalue weighted by molar-refractivity contribution is 9.10. The van der Waals surface area contributed by atoms with Crippen LogP contribution >= 0.6 is 15.9 Å². The van der Waals surface area contributed by atoms with E-state index in [4.69, 9.17) is 0 Å². The molecule has 0 radical (unpaired) electrons. The highest BCUT2D eigenvalue weighted by Crippen LogP contribution is 2.29. The predicted octanol–water partition coefficient (Wildman–Crippen LogP) is 3.76. The van der Waals surface area contributed by atoms with Crippen LogP contribution in [-0.4, -0.2) is 13.4 Å². The van der Waals surface area contributed by atoms with E-state index in [2.05, 4.69) is 20.9 Å². The number of hydrogen-bond donors (Lipinski definition) is 1. The van der Waals surface area contributed by atoms with Gasteiger partial charge in [-0.1, -0.05) is 40.2 Å². The first kappa shape index (κ1) is 12.4. The van der Waals surface area contributed by atoms with Crippen LogP contribution in [0, 0.1) is 0 Å². The van der Waals surface area contributed by atoms with Gasteiger partial charge in [-0.3, -0.25) is 0 Å². The first-order chi connectivity index (χ1) is 9.09. The lowest BCUT2D eigenvalue weighted by Crippen LogP contribution is -2.00. The van der Waals surface area contributed by atoms with E-state index >= 15 is 0 Å². The van der Waals surface area contributed by atoms with Crippen molar-refractivity contribution in [3.05, 3.63) is 59.2 Å². The fourth-order valence-corrected chi connectivity index (χ4v) is 3.83. The van der Waals surface area contributed by atoms with E-state index in [0.29, 0.717) is 15.2 Å². The summed E-state index contributed by atoms with van der Waals surface area (Å²) in [5, 5.41) is 0.701. The Balaban J connectivity index is 2.25. The summed E-state index contributed by atoms with van der Waals surface area (Å²) in [7, 11) is -3.48. The van der Waals surface area contributed by atoms with Gasteiger partial charge in [-0.05, 0) is 24.3 Å². The van der Waals surface area contributed by atoms with Gasteiger partial charge < -0.3 is 4.98 Å². The van der Waals surface area contributed by atoms with E-state index in [1.807, 2.05) is 12.1 Å². The highest BCUT2D eigenvalue weighted by Gasteiger charge is 2.21. The molecule has 0 fully saturated rings. The molecule has 0 saturated carbocycles. The molecule has 0 aliphatic rings. The van der Waals surface area contributed by atoms with Gasteiger partial charge >= 0.3 is 0 Å². The lowest BCUT2D eigenvalue weighted by atomic mass is 10.2. The SMILES string of the molecule is O=S(=O)(c1ccccc1)c1c[nH]c2cc(Br)ccc12. The lowest BCUT2D eigenvalue weighted by molar-refractivity contribution is 0.597. The maximum Gasteiger partial charge on any atom is 0.208 e. The number of benzene rings is 2. The maximum absolute atomic E-state index is 12.6. The van der Waals surface area contributed by atoms with E-state index in [1.165, 1.54) is 0 Å². The van der Waals surface area contributed by atoms with Gasteiger partial charge in [0.1, 0.15) is 0 Å². The molecule has 0 bridgehead atoms. The number of aromatic nitrogens is 1. The molecular weight excluding hydrogens is 326 g/mol. The lowest BCUT2D eigenvalue weighted by Gasteiger charge is -2.02. The minimum absolute atomic E-state index is 0.304. The van der Waals surface area contributed by atoms with E-state index < -0.39 is 9.84 Å². The summed E-state index contributed by atoms with van der Waals surface area (Å²) in [6, 6.07) is 13.9. The normalized spacial score (nSPS) is 11.8. The first-order valence-corrected chi connectivity index (χ1v) is 7.93. The number of aromatic amines is 1. The standard InChI is InChI=1S/C14H10BrNO2S/c15-10-6-7-12-13(8-10)16-9-14(12)19(17,18)11-4-2-1-3-5-11/h1-9,16H. The van der Waals surface area contributed by atoms with E-state index in [0.717, 1.165) is 9.99 Å². The average Bonchev–Trinajstić information content (AvgIpc) is 2.83. The van der Waals surface area contributed by atoms with Gasteiger partial charge in [0.25, 0.3) is 0 Å². The van der Waals surface area contributed by atoms with Crippen molar-refractivity contribution in [2.24, 2.45) is 0 Å². The number of rotatable bonds is 2. The van der Waals surface area contributed by atoms with E-state index in [9.17, 15) is 8.42 Å². The number of H-pyrrole nitrogens is 1. The molecular formula is C14H10BrNO2S. The molecule has 0 amide bonds. The third-order valence-electron chi connectivity index (χ3n) is 2.95. The molecule has 3 nitrogen and oxygen atoms in total. The van der Waals surface area contributed by atoms with Crippen LogP contribution in [0.2, 0.25) is 0 Å². The first-order valence-electron chi connectivity index (χ1n) is 5.66. The fourth-order valence-electron chi connectivity index (χ4n) is 2.02. The zero-order valence-electron chi connectivity index (χ0n) is 9.80. The van der Waals surface area contributed by atoms with E-state index in [-0.39, 0.29) is 0 Å². The smallest absolute Gasteiger partial charge is 0.208 e. The van der Waals surface area contributed by atoms with Crippen molar-refractivity contribution in [1.29, 1.82) is 0 Å². The molecule has 96 valence electrons. The molecule has 0 unspecified atom stereocenters. The number of sulfone groups is 1. The second-order valence-corrected chi connectivity index (χ2v) is 6.99.